The first-order valence-corrected chi connectivity index (χ1v) is 11.6. The predicted molar refractivity (Wildman–Crippen MR) is 129 cm³/mol. The van der Waals surface area contributed by atoms with Gasteiger partial charge in [-0.15, -0.1) is 11.3 Å². The maximum absolute atomic E-state index is 13.4. The molecular weight excluding hydrogens is 438 g/mol. The largest absolute Gasteiger partial charge is 0.497 e. The highest BCUT2D eigenvalue weighted by molar-refractivity contribution is 7.09. The van der Waals surface area contributed by atoms with Crippen LogP contribution in [0.2, 0.25) is 0 Å². The van der Waals surface area contributed by atoms with Crippen molar-refractivity contribution in [2.45, 2.75) is 32.4 Å². The molecule has 0 saturated carbocycles. The van der Waals surface area contributed by atoms with E-state index in [4.69, 9.17) is 4.74 Å². The van der Waals surface area contributed by atoms with Crippen LogP contribution in [0.1, 0.15) is 23.8 Å². The molecule has 4 rings (SSSR count). The molecule has 1 aliphatic heterocycles. The zero-order valence-corrected chi connectivity index (χ0v) is 19.3. The summed E-state index contributed by atoms with van der Waals surface area (Å²) >= 11 is 1.50. The van der Waals surface area contributed by atoms with Gasteiger partial charge in [0.15, 0.2) is 0 Å². The summed E-state index contributed by atoms with van der Waals surface area (Å²) in [5, 5.41) is 4.76. The number of thiophene rings is 1. The Kier molecular flexibility index (Phi) is 6.74. The number of methoxy groups -OCH3 is 1. The number of carbonyl (C=O) groups is 3. The van der Waals surface area contributed by atoms with Crippen LogP contribution in [0.5, 0.6) is 5.75 Å². The molecule has 0 unspecified atom stereocenters. The Morgan fingerprint density at radius 3 is 2.55 bits per heavy atom. The molecule has 3 aromatic rings. The Labute approximate surface area is 196 Å². The summed E-state index contributed by atoms with van der Waals surface area (Å²) in [7, 11) is 1.52. The van der Waals surface area contributed by atoms with Gasteiger partial charge in [-0.3, -0.25) is 9.59 Å². The van der Waals surface area contributed by atoms with Gasteiger partial charge in [0.05, 0.1) is 25.8 Å². The second-order valence-electron chi connectivity index (χ2n) is 7.68. The van der Waals surface area contributed by atoms with Crippen molar-refractivity contribution < 1.29 is 19.1 Å². The van der Waals surface area contributed by atoms with E-state index >= 15 is 0 Å². The Morgan fingerprint density at radius 2 is 1.88 bits per heavy atom. The van der Waals surface area contributed by atoms with E-state index in [1.807, 2.05) is 41.8 Å². The average Bonchev–Trinajstić information content (AvgIpc) is 3.42. The zero-order chi connectivity index (χ0) is 23.4. The van der Waals surface area contributed by atoms with Gasteiger partial charge in [0.1, 0.15) is 11.8 Å². The number of benzene rings is 2. The Morgan fingerprint density at radius 1 is 1.09 bits per heavy atom. The summed E-state index contributed by atoms with van der Waals surface area (Å²) in [6.07, 6.45) is 0.774. The van der Waals surface area contributed by atoms with E-state index in [2.05, 4.69) is 12.2 Å². The molecule has 4 amide bonds. The molecule has 1 aromatic heterocycles. The molecule has 7 nitrogen and oxygen atoms in total. The topological polar surface area (TPSA) is 79.0 Å². The first-order chi connectivity index (χ1) is 16.0. The Hall–Kier alpha value is -3.65. The van der Waals surface area contributed by atoms with Crippen molar-refractivity contribution in [1.29, 1.82) is 0 Å². The average molecular weight is 464 g/mol. The fourth-order valence-electron chi connectivity index (χ4n) is 3.78. The molecule has 1 N–H and O–H groups in total. The number of anilines is 2. The van der Waals surface area contributed by atoms with Crippen molar-refractivity contribution >= 4 is 40.6 Å². The summed E-state index contributed by atoms with van der Waals surface area (Å²) in [5.41, 5.74) is 2.24. The lowest BCUT2D eigenvalue weighted by Gasteiger charge is -2.21. The van der Waals surface area contributed by atoms with Crippen molar-refractivity contribution in [3.05, 3.63) is 76.5 Å². The van der Waals surface area contributed by atoms with Gasteiger partial charge in [-0.2, -0.15) is 0 Å². The first kappa shape index (κ1) is 22.5. The number of aryl methyl sites for hydroxylation is 1. The molecule has 33 heavy (non-hydrogen) atoms. The van der Waals surface area contributed by atoms with Crippen LogP contribution in [0, 0.1) is 0 Å². The summed E-state index contributed by atoms with van der Waals surface area (Å²) in [5.74, 6) is -0.218. The van der Waals surface area contributed by atoms with Crippen molar-refractivity contribution in [3.8, 4) is 5.75 Å². The predicted octanol–water partition coefficient (Wildman–Crippen LogP) is 4.69. The van der Waals surface area contributed by atoms with E-state index in [0.29, 0.717) is 17.1 Å². The molecule has 8 heteroatoms. The number of hydrogen-bond donors (Lipinski definition) is 1. The molecule has 1 aliphatic rings. The number of imide groups is 1. The zero-order valence-electron chi connectivity index (χ0n) is 18.5. The molecule has 1 atom stereocenters. The van der Waals surface area contributed by atoms with Crippen LogP contribution in [0.4, 0.5) is 16.2 Å². The highest BCUT2D eigenvalue weighted by Crippen LogP contribution is 2.31. The third-order valence-electron chi connectivity index (χ3n) is 5.56. The van der Waals surface area contributed by atoms with Gasteiger partial charge in [-0.05, 0) is 47.7 Å². The molecule has 1 fully saturated rings. The fourth-order valence-corrected chi connectivity index (χ4v) is 4.49. The van der Waals surface area contributed by atoms with E-state index in [-0.39, 0.29) is 18.9 Å². The summed E-state index contributed by atoms with van der Waals surface area (Å²) in [6, 6.07) is 16.8. The van der Waals surface area contributed by atoms with Gasteiger partial charge in [-0.25, -0.2) is 9.69 Å². The van der Waals surface area contributed by atoms with Crippen molar-refractivity contribution in [3.63, 3.8) is 0 Å². The van der Waals surface area contributed by atoms with E-state index in [0.717, 1.165) is 16.2 Å². The van der Waals surface area contributed by atoms with E-state index in [1.165, 1.54) is 28.9 Å². The van der Waals surface area contributed by atoms with Crippen LogP contribution >= 0.6 is 11.3 Å². The van der Waals surface area contributed by atoms with Crippen LogP contribution in [-0.2, 0) is 22.6 Å². The SMILES string of the molecule is CCc1ccc(NC(=O)C[C@@H]2C(=O)N(c3cccc(OC)c3)C(=O)N2Cc2cccs2)cc1. The lowest BCUT2D eigenvalue weighted by atomic mass is 10.1. The normalized spacial score (nSPS) is 15.8. The minimum absolute atomic E-state index is 0.133. The second kappa shape index (κ2) is 9.87. The lowest BCUT2D eigenvalue weighted by Crippen LogP contribution is -2.37. The van der Waals surface area contributed by atoms with Crippen LogP contribution in [0.3, 0.4) is 0 Å². The molecule has 2 heterocycles. The number of ether oxygens (including phenoxy) is 1. The minimum Gasteiger partial charge on any atom is -0.497 e. The van der Waals surface area contributed by atoms with E-state index in [1.54, 1.807) is 24.3 Å². The second-order valence-corrected chi connectivity index (χ2v) is 8.72. The van der Waals surface area contributed by atoms with Gasteiger partial charge >= 0.3 is 6.03 Å². The number of rotatable bonds is 8. The van der Waals surface area contributed by atoms with Gasteiger partial charge in [0.2, 0.25) is 5.91 Å². The molecule has 2 aromatic carbocycles. The van der Waals surface area contributed by atoms with E-state index < -0.39 is 18.0 Å². The smallest absolute Gasteiger partial charge is 0.332 e. The number of hydrogen-bond acceptors (Lipinski definition) is 5. The van der Waals surface area contributed by atoms with Gasteiger partial charge in [0.25, 0.3) is 5.91 Å². The minimum atomic E-state index is -0.902. The molecule has 0 radical (unpaired) electrons. The first-order valence-electron chi connectivity index (χ1n) is 10.7. The molecular formula is C25H25N3O4S. The number of urea groups is 1. The highest BCUT2D eigenvalue weighted by atomic mass is 32.1. The van der Waals surface area contributed by atoms with Crippen molar-refractivity contribution in [2.75, 3.05) is 17.3 Å². The van der Waals surface area contributed by atoms with Gasteiger partial charge < -0.3 is 15.0 Å². The fraction of sp³-hybridized carbons (Fsp3) is 0.240. The molecule has 0 spiro atoms. The van der Waals surface area contributed by atoms with Gasteiger partial charge in [-0.1, -0.05) is 31.2 Å². The number of carbonyl (C=O) groups excluding carboxylic acids is 3. The monoisotopic (exact) mass is 463 g/mol. The Balaban J connectivity index is 1.57. The summed E-state index contributed by atoms with van der Waals surface area (Å²) in [6.45, 7) is 2.32. The van der Waals surface area contributed by atoms with Crippen molar-refractivity contribution in [1.82, 2.24) is 4.90 Å². The maximum Gasteiger partial charge on any atom is 0.332 e. The quantitative estimate of drug-likeness (QED) is 0.492. The standard InChI is InChI=1S/C25H25N3O4S/c1-3-17-9-11-18(12-10-17)26-23(29)15-22-24(30)28(19-6-4-7-20(14-19)32-2)25(31)27(22)16-21-8-5-13-33-21/h4-14,22H,3,15-16H2,1-2H3,(H,26,29)/t22-/m1/s1. The van der Waals surface area contributed by atoms with Gasteiger partial charge in [0, 0.05) is 16.6 Å². The summed E-state index contributed by atoms with van der Waals surface area (Å²) in [4.78, 5) is 43.1. The summed E-state index contributed by atoms with van der Waals surface area (Å²) < 4.78 is 5.25. The molecule has 0 bridgehead atoms. The van der Waals surface area contributed by atoms with Crippen LogP contribution in [0.15, 0.2) is 66.0 Å². The third-order valence-corrected chi connectivity index (χ3v) is 6.42. The van der Waals surface area contributed by atoms with Crippen LogP contribution < -0.4 is 15.0 Å². The van der Waals surface area contributed by atoms with E-state index in [9.17, 15) is 14.4 Å². The third kappa shape index (κ3) is 4.90. The number of nitrogens with zero attached hydrogens (tertiary/aromatic N) is 2. The molecule has 170 valence electrons. The van der Waals surface area contributed by atoms with Crippen LogP contribution in [-0.4, -0.2) is 35.9 Å². The maximum atomic E-state index is 13.4. The van der Waals surface area contributed by atoms with Crippen molar-refractivity contribution in [2.24, 2.45) is 0 Å². The number of amides is 4. The molecule has 1 saturated heterocycles. The number of nitrogens with one attached hydrogen (secondary N) is 1. The Bertz CT molecular complexity index is 1140. The molecule has 0 aliphatic carbocycles. The highest BCUT2D eigenvalue weighted by Gasteiger charge is 2.46. The lowest BCUT2D eigenvalue weighted by molar-refractivity contribution is -0.124. The van der Waals surface area contributed by atoms with Crippen LogP contribution in [0.25, 0.3) is 0 Å².